The van der Waals surface area contributed by atoms with Gasteiger partial charge in [-0.2, -0.15) is 13.2 Å². The molecule has 1 heterocycles. The Hall–Kier alpha value is -3.32. The minimum atomic E-state index is -5.08. The first-order chi connectivity index (χ1) is 17.8. The summed E-state index contributed by atoms with van der Waals surface area (Å²) < 4.78 is 60.6. The number of anilines is 2. The molecule has 0 unspecified atom stereocenters. The van der Waals surface area contributed by atoms with Crippen molar-refractivity contribution >= 4 is 33.3 Å². The summed E-state index contributed by atoms with van der Waals surface area (Å²) in [5.41, 5.74) is 2.67. The molecule has 9 nitrogen and oxygen atoms in total. The van der Waals surface area contributed by atoms with Crippen molar-refractivity contribution in [2.75, 3.05) is 49.4 Å². The molecule has 1 saturated heterocycles. The second-order valence-electron chi connectivity index (χ2n) is 8.77. The van der Waals surface area contributed by atoms with Gasteiger partial charge in [0.1, 0.15) is 0 Å². The Morgan fingerprint density at radius 3 is 2.21 bits per heavy atom. The molecule has 0 radical (unpaired) electrons. The summed E-state index contributed by atoms with van der Waals surface area (Å²) in [4.78, 5) is 25.8. The standard InChI is InChI=1S/C23H32N4O3S.C2HF3O2/c1-4-5-14-26(3)23(28)19-8-11-22(27-15-12-24-13-16-27)21(17-19)25-31(29,30)20-9-6-18(2)7-10-20;3-2(4,5)1(6)7/h6-11,17,24-25H,4-5,12-16H2,1-3H3;(H,6,7). The number of sulfonamides is 1. The number of carbonyl (C=O) groups excluding carboxylic acids is 1. The Bertz CT molecular complexity index is 1200. The van der Waals surface area contributed by atoms with Crippen molar-refractivity contribution < 1.29 is 36.3 Å². The van der Waals surface area contributed by atoms with Gasteiger partial charge in [0.15, 0.2) is 0 Å². The van der Waals surface area contributed by atoms with Gasteiger partial charge < -0.3 is 20.2 Å². The zero-order valence-corrected chi connectivity index (χ0v) is 22.3. The second kappa shape index (κ2) is 13.5. The van der Waals surface area contributed by atoms with Crippen molar-refractivity contribution in [1.29, 1.82) is 0 Å². The van der Waals surface area contributed by atoms with E-state index in [4.69, 9.17) is 9.90 Å². The van der Waals surface area contributed by atoms with Gasteiger partial charge in [0.05, 0.1) is 16.3 Å². The summed E-state index contributed by atoms with van der Waals surface area (Å²) in [6.45, 7) is 7.84. The number of carboxylic acids is 1. The average molecular weight is 559 g/mol. The lowest BCUT2D eigenvalue weighted by Gasteiger charge is -2.31. The summed E-state index contributed by atoms with van der Waals surface area (Å²) in [6.07, 6.45) is -3.16. The van der Waals surface area contributed by atoms with Crippen molar-refractivity contribution in [3.05, 3.63) is 53.6 Å². The minimum Gasteiger partial charge on any atom is -0.475 e. The van der Waals surface area contributed by atoms with Crippen LogP contribution in [-0.2, 0) is 14.8 Å². The Balaban J connectivity index is 0.000000638. The number of aliphatic carboxylic acids is 1. The Morgan fingerprint density at radius 1 is 1.11 bits per heavy atom. The molecule has 38 heavy (non-hydrogen) atoms. The fraction of sp³-hybridized carbons (Fsp3) is 0.440. The van der Waals surface area contributed by atoms with Crippen LogP contribution < -0.4 is 14.9 Å². The molecule has 3 N–H and O–H groups in total. The molecule has 0 bridgehead atoms. The van der Waals surface area contributed by atoms with Gasteiger partial charge in [0, 0.05) is 45.3 Å². The number of hydrogen-bond acceptors (Lipinski definition) is 6. The van der Waals surface area contributed by atoms with Crippen LogP contribution in [0, 0.1) is 6.92 Å². The monoisotopic (exact) mass is 558 g/mol. The van der Waals surface area contributed by atoms with Gasteiger partial charge in [-0.1, -0.05) is 31.0 Å². The third-order valence-electron chi connectivity index (χ3n) is 5.71. The predicted molar refractivity (Wildman–Crippen MR) is 139 cm³/mol. The lowest BCUT2D eigenvalue weighted by molar-refractivity contribution is -0.192. The van der Waals surface area contributed by atoms with Crippen LogP contribution in [0.1, 0.15) is 35.7 Å². The van der Waals surface area contributed by atoms with Crippen molar-refractivity contribution in [3.8, 4) is 0 Å². The molecule has 3 rings (SSSR count). The fourth-order valence-electron chi connectivity index (χ4n) is 3.57. The summed E-state index contributed by atoms with van der Waals surface area (Å²) in [5, 5.41) is 10.4. The number of alkyl halides is 3. The Morgan fingerprint density at radius 2 is 1.68 bits per heavy atom. The number of carboxylic acid groups (broad SMARTS) is 1. The largest absolute Gasteiger partial charge is 0.490 e. The lowest BCUT2D eigenvalue weighted by Crippen LogP contribution is -2.43. The van der Waals surface area contributed by atoms with Gasteiger partial charge in [-0.05, 0) is 43.7 Å². The highest BCUT2D eigenvalue weighted by Gasteiger charge is 2.38. The van der Waals surface area contributed by atoms with E-state index in [0.29, 0.717) is 17.8 Å². The summed E-state index contributed by atoms with van der Waals surface area (Å²) >= 11 is 0. The molecule has 0 atom stereocenters. The maximum atomic E-state index is 13.1. The number of halogens is 3. The van der Waals surface area contributed by atoms with Crippen LogP contribution in [-0.4, -0.2) is 76.2 Å². The van der Waals surface area contributed by atoms with Crippen LogP contribution >= 0.6 is 0 Å². The van der Waals surface area contributed by atoms with E-state index in [-0.39, 0.29) is 10.8 Å². The van der Waals surface area contributed by atoms with E-state index < -0.39 is 22.2 Å². The number of nitrogens with one attached hydrogen (secondary N) is 2. The molecule has 2 aromatic rings. The number of aryl methyl sites for hydroxylation is 1. The third-order valence-corrected chi connectivity index (χ3v) is 7.09. The molecular weight excluding hydrogens is 525 g/mol. The number of rotatable bonds is 8. The average Bonchev–Trinajstić information content (AvgIpc) is 2.87. The number of unbranched alkanes of at least 4 members (excludes halogenated alkanes) is 1. The van der Waals surface area contributed by atoms with Gasteiger partial charge in [0.25, 0.3) is 15.9 Å². The number of benzene rings is 2. The van der Waals surface area contributed by atoms with Crippen molar-refractivity contribution in [1.82, 2.24) is 10.2 Å². The molecule has 0 aliphatic carbocycles. The molecule has 1 fully saturated rings. The van der Waals surface area contributed by atoms with Gasteiger partial charge in [-0.25, -0.2) is 13.2 Å². The van der Waals surface area contributed by atoms with Gasteiger partial charge in [0.2, 0.25) is 0 Å². The molecule has 0 spiro atoms. The van der Waals surface area contributed by atoms with Crippen molar-refractivity contribution in [2.24, 2.45) is 0 Å². The normalized spacial score (nSPS) is 13.8. The van der Waals surface area contributed by atoms with Crippen LogP contribution in [0.2, 0.25) is 0 Å². The van der Waals surface area contributed by atoms with Crippen LogP contribution in [0.3, 0.4) is 0 Å². The lowest BCUT2D eigenvalue weighted by atomic mass is 10.1. The molecule has 1 aliphatic heterocycles. The maximum Gasteiger partial charge on any atom is 0.490 e. The number of hydrogen-bond donors (Lipinski definition) is 3. The Kier molecular flexibility index (Phi) is 11.0. The highest BCUT2D eigenvalue weighted by molar-refractivity contribution is 7.92. The summed E-state index contributed by atoms with van der Waals surface area (Å²) in [6, 6.07) is 12.0. The van der Waals surface area contributed by atoms with Crippen LogP contribution in [0.25, 0.3) is 0 Å². The van der Waals surface area contributed by atoms with E-state index in [0.717, 1.165) is 50.3 Å². The highest BCUT2D eigenvalue weighted by atomic mass is 32.2. The Labute approximate surface area is 220 Å². The first kappa shape index (κ1) is 30.9. The molecule has 210 valence electrons. The van der Waals surface area contributed by atoms with E-state index >= 15 is 0 Å². The maximum absolute atomic E-state index is 13.1. The van der Waals surface area contributed by atoms with Crippen LogP contribution in [0.5, 0.6) is 0 Å². The number of amides is 1. The molecule has 0 aromatic heterocycles. The quantitative estimate of drug-likeness (QED) is 0.452. The first-order valence-corrected chi connectivity index (χ1v) is 13.5. The van der Waals surface area contributed by atoms with E-state index in [9.17, 15) is 26.4 Å². The van der Waals surface area contributed by atoms with E-state index in [1.54, 1.807) is 48.3 Å². The van der Waals surface area contributed by atoms with Gasteiger partial charge >= 0.3 is 12.1 Å². The van der Waals surface area contributed by atoms with Crippen molar-refractivity contribution in [3.63, 3.8) is 0 Å². The second-order valence-corrected chi connectivity index (χ2v) is 10.5. The van der Waals surface area contributed by atoms with Gasteiger partial charge in [-0.15, -0.1) is 0 Å². The first-order valence-electron chi connectivity index (χ1n) is 12.0. The zero-order valence-electron chi connectivity index (χ0n) is 21.5. The molecule has 0 saturated carbocycles. The van der Waals surface area contributed by atoms with Crippen molar-refractivity contribution in [2.45, 2.75) is 37.8 Å². The van der Waals surface area contributed by atoms with E-state index in [2.05, 4.69) is 21.9 Å². The van der Waals surface area contributed by atoms with E-state index in [1.807, 2.05) is 13.0 Å². The number of nitrogens with zero attached hydrogens (tertiary/aromatic N) is 2. The molecule has 1 aliphatic rings. The topological polar surface area (TPSA) is 119 Å². The summed E-state index contributed by atoms with van der Waals surface area (Å²) in [5.74, 6) is -2.87. The predicted octanol–water partition coefficient (Wildman–Crippen LogP) is 3.71. The molecule has 2 aromatic carbocycles. The number of piperazine rings is 1. The number of carbonyl (C=O) groups is 2. The van der Waals surface area contributed by atoms with Crippen LogP contribution in [0.4, 0.5) is 24.5 Å². The molecular formula is C25H33F3N4O5S. The molecule has 13 heteroatoms. The SMILES string of the molecule is CCCCN(C)C(=O)c1ccc(N2CCNCC2)c(NS(=O)(=O)c2ccc(C)cc2)c1.O=C(O)C(F)(F)F. The van der Waals surface area contributed by atoms with Gasteiger partial charge in [-0.3, -0.25) is 9.52 Å². The minimum absolute atomic E-state index is 0.115. The zero-order chi connectivity index (χ0) is 28.5. The smallest absolute Gasteiger partial charge is 0.475 e. The summed E-state index contributed by atoms with van der Waals surface area (Å²) in [7, 11) is -2.01. The van der Waals surface area contributed by atoms with Crippen LogP contribution in [0.15, 0.2) is 47.4 Å². The van der Waals surface area contributed by atoms with E-state index in [1.165, 1.54) is 0 Å². The highest BCUT2D eigenvalue weighted by Crippen LogP contribution is 2.30. The molecule has 1 amide bonds. The third kappa shape index (κ3) is 8.91. The fourth-order valence-corrected chi connectivity index (χ4v) is 4.64.